The molecule has 0 aliphatic heterocycles. The van der Waals surface area contributed by atoms with E-state index < -0.39 is 0 Å². The number of carbonyl (C=O) groups excluding carboxylic acids is 1. The molecule has 2 rings (SSSR count). The lowest BCUT2D eigenvalue weighted by atomic mass is 10.2. The number of aliphatic imine (C=N–C) groups is 1. The number of aromatic nitrogens is 2. The summed E-state index contributed by atoms with van der Waals surface area (Å²) in [6.07, 6.45) is 7.67. The second-order valence-corrected chi connectivity index (χ2v) is 7.38. The van der Waals surface area contributed by atoms with Gasteiger partial charge in [-0.15, -0.1) is 0 Å². The Labute approximate surface area is 173 Å². The quantitative estimate of drug-likeness (QED) is 0.400. The van der Waals surface area contributed by atoms with Crippen molar-refractivity contribution in [2.45, 2.75) is 46.5 Å². The molecule has 0 fully saturated rings. The Morgan fingerprint density at radius 3 is 2.45 bits per heavy atom. The van der Waals surface area contributed by atoms with Crippen LogP contribution in [0.15, 0.2) is 35.6 Å². The molecule has 2 aromatic rings. The van der Waals surface area contributed by atoms with Gasteiger partial charge in [0.1, 0.15) is 12.4 Å². The van der Waals surface area contributed by atoms with Crippen molar-refractivity contribution >= 4 is 23.3 Å². The number of nitrogens with zero attached hydrogens (tertiary/aromatic N) is 4. The van der Waals surface area contributed by atoms with E-state index in [0.717, 1.165) is 44.3 Å². The molecule has 7 nitrogen and oxygen atoms in total. The number of amides is 2. The first-order chi connectivity index (χ1) is 13.9. The number of urea groups is 1. The van der Waals surface area contributed by atoms with E-state index in [1.807, 2.05) is 44.4 Å². The number of hydrogen-bond acceptors (Lipinski definition) is 3. The van der Waals surface area contributed by atoms with Gasteiger partial charge in [0.05, 0.1) is 25.7 Å². The molecule has 1 aromatic carbocycles. The van der Waals surface area contributed by atoms with Crippen LogP contribution in [-0.2, 0) is 14.1 Å². The van der Waals surface area contributed by atoms with Crippen molar-refractivity contribution in [1.29, 1.82) is 0 Å². The third-order valence-corrected chi connectivity index (χ3v) is 4.92. The fourth-order valence-electron chi connectivity index (χ4n) is 3.08. The summed E-state index contributed by atoms with van der Waals surface area (Å²) < 4.78 is 3.48. The SMILES string of the molecule is CCCCN(CCCC)C(=O)Nc1cc(/N=C(\[O-])c2n(C)cc[n+]2C)ccc1C. The minimum atomic E-state index is -0.325. The number of rotatable bonds is 9. The molecule has 2 amide bonds. The van der Waals surface area contributed by atoms with Crippen LogP contribution in [0.25, 0.3) is 0 Å². The fourth-order valence-corrected chi connectivity index (χ4v) is 3.08. The predicted molar refractivity (Wildman–Crippen MR) is 114 cm³/mol. The molecule has 1 heterocycles. The Morgan fingerprint density at radius 1 is 1.24 bits per heavy atom. The summed E-state index contributed by atoms with van der Waals surface area (Å²) >= 11 is 0. The van der Waals surface area contributed by atoms with Gasteiger partial charge in [-0.2, -0.15) is 0 Å². The summed E-state index contributed by atoms with van der Waals surface area (Å²) in [7, 11) is 3.62. The average Bonchev–Trinajstić information content (AvgIpc) is 3.02. The number of benzene rings is 1. The minimum absolute atomic E-state index is 0.104. The summed E-state index contributed by atoms with van der Waals surface area (Å²) in [6.45, 7) is 7.66. The average molecular weight is 400 g/mol. The Hall–Kier alpha value is -2.83. The topological polar surface area (TPSA) is 76.6 Å². The summed E-state index contributed by atoms with van der Waals surface area (Å²) in [5.74, 6) is 0.162. The van der Waals surface area contributed by atoms with Crippen LogP contribution < -0.4 is 15.0 Å². The molecular weight excluding hydrogens is 366 g/mol. The van der Waals surface area contributed by atoms with Crippen molar-refractivity contribution < 1.29 is 14.5 Å². The Morgan fingerprint density at radius 2 is 1.90 bits per heavy atom. The molecule has 0 spiro atoms. The van der Waals surface area contributed by atoms with E-state index >= 15 is 0 Å². The van der Waals surface area contributed by atoms with Gasteiger partial charge in [0.2, 0.25) is 0 Å². The highest BCUT2D eigenvalue weighted by Crippen LogP contribution is 2.23. The van der Waals surface area contributed by atoms with Gasteiger partial charge in [0.25, 0.3) is 5.82 Å². The lowest BCUT2D eigenvalue weighted by Gasteiger charge is -2.23. The maximum absolute atomic E-state index is 12.8. The standard InChI is InChI=1S/C22H33N5O2/c1-6-8-12-27(13-9-7-2)22(29)24-19-16-18(11-10-17(19)3)23-20(28)21-25(4)14-15-26(21)5/h10-11,14-16H,6-9,12-13H2,1-5H3,(H-,23,24,28,29). The fraction of sp³-hybridized carbons (Fsp3) is 0.500. The van der Waals surface area contributed by atoms with Gasteiger partial charge in [-0.05, 0) is 37.5 Å². The first kappa shape index (κ1) is 22.5. The van der Waals surface area contributed by atoms with E-state index in [-0.39, 0.29) is 11.9 Å². The molecule has 0 bridgehead atoms. The minimum Gasteiger partial charge on any atom is -0.853 e. The van der Waals surface area contributed by atoms with Crippen LogP contribution in [-0.4, -0.2) is 34.5 Å². The van der Waals surface area contributed by atoms with Crippen LogP contribution in [0.3, 0.4) is 0 Å². The second-order valence-electron chi connectivity index (χ2n) is 7.38. The van der Waals surface area contributed by atoms with Crippen LogP contribution in [0, 0.1) is 6.92 Å². The Kier molecular flexibility index (Phi) is 8.24. The number of anilines is 1. The van der Waals surface area contributed by atoms with E-state index in [1.54, 1.807) is 21.3 Å². The van der Waals surface area contributed by atoms with E-state index in [2.05, 4.69) is 24.2 Å². The van der Waals surface area contributed by atoms with Gasteiger partial charge in [-0.25, -0.2) is 13.9 Å². The second kappa shape index (κ2) is 10.6. The van der Waals surface area contributed by atoms with Crippen molar-refractivity contribution in [2.75, 3.05) is 18.4 Å². The van der Waals surface area contributed by atoms with Crippen molar-refractivity contribution in [3.63, 3.8) is 0 Å². The van der Waals surface area contributed by atoms with Crippen molar-refractivity contribution in [1.82, 2.24) is 9.47 Å². The molecule has 0 aliphatic rings. The van der Waals surface area contributed by atoms with Crippen molar-refractivity contribution in [3.05, 3.63) is 42.0 Å². The molecule has 0 aliphatic carbocycles. The highest BCUT2D eigenvalue weighted by molar-refractivity contribution is 5.91. The van der Waals surface area contributed by atoms with Crippen LogP contribution in [0.5, 0.6) is 0 Å². The molecule has 0 unspecified atom stereocenters. The first-order valence-electron chi connectivity index (χ1n) is 10.3. The Balaban J connectivity index is 2.21. The van der Waals surface area contributed by atoms with Gasteiger partial charge in [-0.1, -0.05) is 32.8 Å². The molecule has 0 atom stereocenters. The Bertz CT molecular complexity index is 829. The molecule has 0 radical (unpaired) electrons. The zero-order valence-corrected chi connectivity index (χ0v) is 18.2. The van der Waals surface area contributed by atoms with E-state index in [9.17, 15) is 9.90 Å². The monoisotopic (exact) mass is 399 g/mol. The number of unbranched alkanes of at least 4 members (excludes halogenated alkanes) is 2. The molecule has 0 saturated heterocycles. The molecule has 1 aromatic heterocycles. The summed E-state index contributed by atoms with van der Waals surface area (Å²) in [5, 5.41) is 15.6. The smallest absolute Gasteiger partial charge is 0.321 e. The van der Waals surface area contributed by atoms with Crippen LogP contribution in [0.1, 0.15) is 50.9 Å². The maximum Gasteiger partial charge on any atom is 0.321 e. The van der Waals surface area contributed by atoms with Gasteiger partial charge in [0, 0.05) is 18.8 Å². The highest BCUT2D eigenvalue weighted by Gasteiger charge is 2.15. The molecule has 158 valence electrons. The largest absolute Gasteiger partial charge is 0.853 e. The number of imidazole rings is 1. The zero-order chi connectivity index (χ0) is 21.4. The normalized spacial score (nSPS) is 11.6. The summed E-state index contributed by atoms with van der Waals surface area (Å²) in [4.78, 5) is 18.9. The van der Waals surface area contributed by atoms with Gasteiger partial charge < -0.3 is 15.3 Å². The van der Waals surface area contributed by atoms with Crippen LogP contribution >= 0.6 is 0 Å². The van der Waals surface area contributed by atoms with Crippen molar-refractivity contribution in [2.24, 2.45) is 19.1 Å². The van der Waals surface area contributed by atoms with Crippen LogP contribution in [0.4, 0.5) is 16.2 Å². The zero-order valence-electron chi connectivity index (χ0n) is 18.2. The van der Waals surface area contributed by atoms with E-state index in [4.69, 9.17) is 0 Å². The number of aryl methyl sites for hydroxylation is 3. The lowest BCUT2D eigenvalue weighted by molar-refractivity contribution is -0.674. The van der Waals surface area contributed by atoms with E-state index in [1.165, 1.54) is 0 Å². The van der Waals surface area contributed by atoms with Crippen LogP contribution in [0.2, 0.25) is 0 Å². The first-order valence-corrected chi connectivity index (χ1v) is 10.3. The molecular formula is C22H33N5O2. The molecule has 1 N–H and O–H groups in total. The molecule has 0 saturated carbocycles. The third kappa shape index (κ3) is 6.07. The number of hydrogen-bond donors (Lipinski definition) is 1. The molecule has 7 heteroatoms. The summed E-state index contributed by atoms with van der Waals surface area (Å²) in [5.41, 5.74) is 2.13. The van der Waals surface area contributed by atoms with Gasteiger partial charge in [0.15, 0.2) is 0 Å². The third-order valence-electron chi connectivity index (χ3n) is 4.92. The lowest BCUT2D eigenvalue weighted by Crippen LogP contribution is -2.39. The number of carbonyl (C=O) groups is 1. The van der Waals surface area contributed by atoms with Gasteiger partial charge >= 0.3 is 6.03 Å². The number of nitrogens with one attached hydrogen (secondary N) is 1. The summed E-state index contributed by atoms with van der Waals surface area (Å²) in [6, 6.07) is 5.31. The van der Waals surface area contributed by atoms with E-state index in [0.29, 0.717) is 17.2 Å². The molecule has 29 heavy (non-hydrogen) atoms. The van der Waals surface area contributed by atoms with Crippen molar-refractivity contribution in [3.8, 4) is 0 Å². The maximum atomic E-state index is 12.8. The van der Waals surface area contributed by atoms with Gasteiger partial charge in [-0.3, -0.25) is 4.99 Å². The predicted octanol–water partition coefficient (Wildman–Crippen LogP) is 3.03. The highest BCUT2D eigenvalue weighted by atomic mass is 16.3.